The van der Waals surface area contributed by atoms with Crippen LogP contribution in [0.25, 0.3) is 11.2 Å². The Balaban J connectivity index is 2.11. The van der Waals surface area contributed by atoms with Crippen LogP contribution in [0.4, 0.5) is 13.2 Å². The van der Waals surface area contributed by atoms with E-state index in [1.165, 1.54) is 4.68 Å². The van der Waals surface area contributed by atoms with Crippen molar-refractivity contribution in [3.63, 3.8) is 0 Å². The van der Waals surface area contributed by atoms with Gasteiger partial charge in [-0.25, -0.2) is 9.67 Å². The smallest absolute Gasteiger partial charge is 0.425 e. The van der Waals surface area contributed by atoms with E-state index in [1.54, 1.807) is 12.1 Å². The van der Waals surface area contributed by atoms with Crippen molar-refractivity contribution in [1.82, 2.24) is 25.0 Å². The maximum Gasteiger partial charge on any atom is 0.425 e. The van der Waals surface area contributed by atoms with Crippen molar-refractivity contribution in [2.75, 3.05) is 0 Å². The van der Waals surface area contributed by atoms with Gasteiger partial charge in [0.15, 0.2) is 17.3 Å². The second-order valence-electron chi connectivity index (χ2n) is 7.41. The third-order valence-electron chi connectivity index (χ3n) is 4.03. The predicted octanol–water partition coefficient (Wildman–Crippen LogP) is 4.55. The highest BCUT2D eigenvalue weighted by atomic mass is 35.5. The van der Waals surface area contributed by atoms with Crippen LogP contribution in [0.15, 0.2) is 24.3 Å². The summed E-state index contributed by atoms with van der Waals surface area (Å²) < 4.78 is 45.5. The summed E-state index contributed by atoms with van der Waals surface area (Å²) in [5, 5.41) is 8.52. The van der Waals surface area contributed by atoms with Crippen molar-refractivity contribution in [3.05, 3.63) is 40.7 Å². The van der Waals surface area contributed by atoms with Crippen LogP contribution in [0.1, 0.15) is 39.1 Å². The van der Waals surface area contributed by atoms with E-state index in [1.807, 2.05) is 32.9 Å². The lowest BCUT2D eigenvalue weighted by molar-refractivity contribution is -0.189. The average molecular weight is 414 g/mol. The molecule has 6 nitrogen and oxygen atoms in total. The molecule has 2 aromatic heterocycles. The van der Waals surface area contributed by atoms with E-state index < -0.39 is 17.7 Å². The number of benzene rings is 1. The maximum atomic E-state index is 13.0. The molecule has 28 heavy (non-hydrogen) atoms. The van der Waals surface area contributed by atoms with E-state index in [4.69, 9.17) is 16.3 Å². The highest BCUT2D eigenvalue weighted by Crippen LogP contribution is 2.30. The van der Waals surface area contributed by atoms with Gasteiger partial charge in [-0.05, 0) is 18.6 Å². The molecule has 0 aliphatic rings. The number of rotatable bonds is 4. The molecule has 1 atom stereocenters. The number of fused-ring (bicyclic) bond motifs is 1. The Labute approximate surface area is 164 Å². The van der Waals surface area contributed by atoms with Gasteiger partial charge >= 0.3 is 6.18 Å². The van der Waals surface area contributed by atoms with Crippen LogP contribution in [0.2, 0.25) is 5.02 Å². The van der Waals surface area contributed by atoms with Crippen molar-refractivity contribution in [1.29, 1.82) is 0 Å². The monoisotopic (exact) mass is 413 g/mol. The van der Waals surface area contributed by atoms with E-state index in [0.717, 1.165) is 12.5 Å². The van der Waals surface area contributed by atoms with Crippen LogP contribution in [-0.2, 0) is 12.0 Å². The average Bonchev–Trinajstić information content (AvgIpc) is 2.98. The standard InChI is InChI=1S/C18H19ClF3N5O/c1-10(18(20,21)22)28-15-13-14(23-16(24-15)17(2,3)4)27(26-25-13)9-11-7-5-6-8-12(11)19/h5-8,10H,9H2,1-4H3. The zero-order chi connectivity index (χ0) is 20.7. The third kappa shape index (κ3) is 4.19. The summed E-state index contributed by atoms with van der Waals surface area (Å²) in [5.41, 5.74) is 0.603. The van der Waals surface area contributed by atoms with Crippen LogP contribution < -0.4 is 4.74 Å². The topological polar surface area (TPSA) is 65.7 Å². The van der Waals surface area contributed by atoms with Gasteiger partial charge in [-0.2, -0.15) is 18.2 Å². The van der Waals surface area contributed by atoms with Crippen LogP contribution in [0, 0.1) is 0 Å². The number of ether oxygens (including phenoxy) is 1. The molecule has 0 aliphatic heterocycles. The Morgan fingerprint density at radius 1 is 1.14 bits per heavy atom. The fraction of sp³-hybridized carbons (Fsp3) is 0.444. The molecule has 10 heteroatoms. The Bertz CT molecular complexity index is 997. The molecule has 3 rings (SSSR count). The molecule has 2 heterocycles. The number of hydrogen-bond donors (Lipinski definition) is 0. The van der Waals surface area contributed by atoms with Gasteiger partial charge in [0.25, 0.3) is 0 Å². The molecule has 0 N–H and O–H groups in total. The molecule has 150 valence electrons. The van der Waals surface area contributed by atoms with Crippen LogP contribution >= 0.6 is 11.6 Å². The molecule has 1 unspecified atom stereocenters. The van der Waals surface area contributed by atoms with Crippen molar-refractivity contribution < 1.29 is 17.9 Å². The molecular formula is C18H19ClF3N5O. The normalized spacial score (nSPS) is 13.7. The third-order valence-corrected chi connectivity index (χ3v) is 4.40. The summed E-state index contributed by atoms with van der Waals surface area (Å²) in [6, 6.07) is 7.20. The van der Waals surface area contributed by atoms with E-state index >= 15 is 0 Å². The van der Waals surface area contributed by atoms with Gasteiger partial charge < -0.3 is 4.74 Å². The Morgan fingerprint density at radius 3 is 2.43 bits per heavy atom. The Morgan fingerprint density at radius 2 is 1.82 bits per heavy atom. The van der Waals surface area contributed by atoms with Gasteiger partial charge in [0.1, 0.15) is 5.82 Å². The first-order valence-electron chi connectivity index (χ1n) is 8.55. The molecule has 1 aromatic carbocycles. The number of halogens is 4. The molecule has 0 saturated heterocycles. The number of hydrogen-bond acceptors (Lipinski definition) is 5. The van der Waals surface area contributed by atoms with E-state index in [9.17, 15) is 13.2 Å². The minimum absolute atomic E-state index is 0.0659. The summed E-state index contributed by atoms with van der Waals surface area (Å²) in [4.78, 5) is 8.67. The summed E-state index contributed by atoms with van der Waals surface area (Å²) in [6.07, 6.45) is -6.58. The van der Waals surface area contributed by atoms with Crippen LogP contribution in [-0.4, -0.2) is 37.2 Å². The summed E-state index contributed by atoms with van der Waals surface area (Å²) in [5.74, 6) is 0.0808. The molecule has 0 aliphatic carbocycles. The van der Waals surface area contributed by atoms with Crippen molar-refractivity contribution in [3.8, 4) is 5.88 Å². The highest BCUT2D eigenvalue weighted by molar-refractivity contribution is 6.31. The molecule has 0 spiro atoms. The lowest BCUT2D eigenvalue weighted by atomic mass is 9.96. The minimum Gasteiger partial charge on any atom is -0.463 e. The van der Waals surface area contributed by atoms with Gasteiger partial charge in [-0.15, -0.1) is 5.10 Å². The van der Waals surface area contributed by atoms with Crippen LogP contribution in [0.3, 0.4) is 0 Å². The molecule has 0 amide bonds. The second kappa shape index (κ2) is 7.20. The van der Waals surface area contributed by atoms with E-state index in [0.29, 0.717) is 10.8 Å². The summed E-state index contributed by atoms with van der Waals surface area (Å²) in [6.45, 7) is 6.73. The first kappa shape index (κ1) is 20.3. The SMILES string of the molecule is CC(Oc1nc(C(C)(C)C)nc2c1nnn2Cc1ccccc1Cl)C(F)(F)F. The Hall–Kier alpha value is -2.42. The Kier molecular flexibility index (Phi) is 5.22. The lowest BCUT2D eigenvalue weighted by Crippen LogP contribution is -2.32. The van der Waals surface area contributed by atoms with Gasteiger partial charge in [-0.3, -0.25) is 0 Å². The fourth-order valence-electron chi connectivity index (χ4n) is 2.38. The second-order valence-corrected chi connectivity index (χ2v) is 7.82. The first-order valence-corrected chi connectivity index (χ1v) is 8.93. The van der Waals surface area contributed by atoms with E-state index in [2.05, 4.69) is 20.3 Å². The first-order chi connectivity index (χ1) is 13.0. The minimum atomic E-state index is -4.53. The van der Waals surface area contributed by atoms with E-state index in [-0.39, 0.29) is 23.6 Å². The number of aromatic nitrogens is 5. The van der Waals surface area contributed by atoms with Crippen molar-refractivity contribution in [2.24, 2.45) is 0 Å². The van der Waals surface area contributed by atoms with Crippen molar-refractivity contribution in [2.45, 2.75) is 51.9 Å². The molecule has 0 radical (unpaired) electrons. The van der Waals surface area contributed by atoms with Crippen molar-refractivity contribution >= 4 is 22.8 Å². The largest absolute Gasteiger partial charge is 0.463 e. The molecule has 0 saturated carbocycles. The predicted molar refractivity (Wildman–Crippen MR) is 98.5 cm³/mol. The zero-order valence-electron chi connectivity index (χ0n) is 15.8. The maximum absolute atomic E-state index is 13.0. The summed E-state index contributed by atoms with van der Waals surface area (Å²) >= 11 is 6.20. The molecule has 0 bridgehead atoms. The molecular weight excluding hydrogens is 395 g/mol. The van der Waals surface area contributed by atoms with Gasteiger partial charge in [0.2, 0.25) is 5.88 Å². The zero-order valence-corrected chi connectivity index (χ0v) is 16.5. The lowest BCUT2D eigenvalue weighted by Gasteiger charge is -2.20. The number of nitrogens with zero attached hydrogens (tertiary/aromatic N) is 5. The number of alkyl halides is 3. The summed E-state index contributed by atoms with van der Waals surface area (Å²) in [7, 11) is 0. The molecule has 3 aromatic rings. The fourth-order valence-corrected chi connectivity index (χ4v) is 2.57. The quantitative estimate of drug-likeness (QED) is 0.627. The van der Waals surface area contributed by atoms with Gasteiger partial charge in [0, 0.05) is 10.4 Å². The van der Waals surface area contributed by atoms with Gasteiger partial charge in [-0.1, -0.05) is 55.8 Å². The van der Waals surface area contributed by atoms with Crippen LogP contribution in [0.5, 0.6) is 5.88 Å². The van der Waals surface area contributed by atoms with Gasteiger partial charge in [0.05, 0.1) is 6.54 Å². The molecule has 0 fully saturated rings. The highest BCUT2D eigenvalue weighted by Gasteiger charge is 2.39.